The third-order valence-corrected chi connectivity index (χ3v) is 5.02. The molecular weight excluding hydrogens is 376 g/mol. The van der Waals surface area contributed by atoms with Crippen LogP contribution < -0.4 is 0 Å². The Morgan fingerprint density at radius 2 is 1.73 bits per heavy atom. The molecule has 0 fully saturated rings. The van der Waals surface area contributed by atoms with Crippen molar-refractivity contribution in [2.75, 3.05) is 0 Å². The fraction of sp³-hybridized carbons (Fsp3) is 0. The summed E-state index contributed by atoms with van der Waals surface area (Å²) in [7, 11) is 0. The molecule has 6 heterocycles. The number of hydrogen-bond acceptors (Lipinski definition) is 6. The molecular formula is C22H14N8. The Morgan fingerprint density at radius 1 is 0.800 bits per heavy atom. The second kappa shape index (κ2) is 6.56. The number of aromatic amines is 2. The monoisotopic (exact) mass is 390 g/mol. The first kappa shape index (κ1) is 16.5. The number of fused-ring (bicyclic) bond motifs is 2. The minimum atomic E-state index is 0.740. The van der Waals surface area contributed by atoms with Crippen LogP contribution in [0.15, 0.2) is 74.0 Å². The number of rotatable bonds is 3. The van der Waals surface area contributed by atoms with Crippen molar-refractivity contribution in [1.29, 1.82) is 0 Å². The van der Waals surface area contributed by atoms with Crippen molar-refractivity contribution in [2.24, 2.45) is 0 Å². The van der Waals surface area contributed by atoms with Crippen LogP contribution in [-0.2, 0) is 0 Å². The third kappa shape index (κ3) is 2.62. The lowest BCUT2D eigenvalue weighted by Gasteiger charge is -2.01. The van der Waals surface area contributed by atoms with Gasteiger partial charge in [0.15, 0.2) is 0 Å². The highest BCUT2D eigenvalue weighted by atomic mass is 15.0. The van der Waals surface area contributed by atoms with E-state index in [4.69, 9.17) is 4.98 Å². The van der Waals surface area contributed by atoms with Gasteiger partial charge in [0.05, 0.1) is 17.4 Å². The van der Waals surface area contributed by atoms with Gasteiger partial charge in [-0.25, -0.2) is 19.9 Å². The lowest BCUT2D eigenvalue weighted by Crippen LogP contribution is -1.86. The largest absolute Gasteiger partial charge is 0.345 e. The molecule has 8 heteroatoms. The quantitative estimate of drug-likeness (QED) is 0.472. The first-order valence-corrected chi connectivity index (χ1v) is 9.35. The van der Waals surface area contributed by atoms with Gasteiger partial charge in [-0.3, -0.25) is 9.97 Å². The third-order valence-electron chi connectivity index (χ3n) is 5.02. The van der Waals surface area contributed by atoms with Gasteiger partial charge in [-0.05, 0) is 18.2 Å². The Bertz CT molecular complexity index is 1490. The van der Waals surface area contributed by atoms with Crippen LogP contribution in [0.4, 0.5) is 0 Å². The van der Waals surface area contributed by atoms with Crippen LogP contribution in [0.5, 0.6) is 0 Å². The Balaban J connectivity index is 1.52. The average Bonchev–Trinajstić information content (AvgIpc) is 3.43. The molecule has 0 radical (unpaired) electrons. The van der Waals surface area contributed by atoms with Crippen LogP contribution in [-0.4, -0.2) is 39.9 Å². The fourth-order valence-electron chi connectivity index (χ4n) is 3.58. The van der Waals surface area contributed by atoms with Gasteiger partial charge in [0.2, 0.25) is 0 Å². The number of nitrogens with one attached hydrogen (secondary N) is 2. The second-order valence-electron chi connectivity index (χ2n) is 6.83. The van der Waals surface area contributed by atoms with E-state index in [0.29, 0.717) is 0 Å². The summed E-state index contributed by atoms with van der Waals surface area (Å²) < 4.78 is 0. The summed E-state index contributed by atoms with van der Waals surface area (Å²) in [4.78, 5) is 33.0. The fourth-order valence-corrected chi connectivity index (χ4v) is 3.58. The van der Waals surface area contributed by atoms with Crippen LogP contribution >= 0.6 is 0 Å². The van der Waals surface area contributed by atoms with E-state index in [-0.39, 0.29) is 0 Å². The molecule has 2 N–H and O–H groups in total. The van der Waals surface area contributed by atoms with Gasteiger partial charge < -0.3 is 9.97 Å². The maximum absolute atomic E-state index is 4.88. The van der Waals surface area contributed by atoms with Crippen LogP contribution in [0.1, 0.15) is 0 Å². The van der Waals surface area contributed by atoms with Crippen LogP contribution in [0, 0.1) is 0 Å². The molecule has 0 aliphatic heterocycles. The maximum Gasteiger partial charge on any atom is 0.140 e. The van der Waals surface area contributed by atoms with Crippen molar-refractivity contribution >= 4 is 22.1 Å². The summed E-state index contributed by atoms with van der Waals surface area (Å²) in [6.45, 7) is 0. The standard InChI is InChI=1S/C22H14N8/c1-2-4-26-18(3-1)17-9-23-11-19-20(17)30-22(29-19)16-10-28-21-15(16)5-13(8-27-21)14-6-24-12-25-7-14/h1-12H,(H,27,28)(H,29,30). The molecule has 0 saturated carbocycles. The number of H-pyrrole nitrogens is 2. The van der Waals surface area contributed by atoms with Crippen molar-refractivity contribution in [2.45, 2.75) is 0 Å². The molecule has 0 aliphatic carbocycles. The van der Waals surface area contributed by atoms with Crippen molar-refractivity contribution in [3.8, 4) is 33.8 Å². The number of hydrogen-bond donors (Lipinski definition) is 2. The van der Waals surface area contributed by atoms with Crippen molar-refractivity contribution in [3.63, 3.8) is 0 Å². The van der Waals surface area contributed by atoms with E-state index in [1.807, 2.05) is 30.6 Å². The second-order valence-corrected chi connectivity index (χ2v) is 6.83. The van der Waals surface area contributed by atoms with Gasteiger partial charge in [-0.15, -0.1) is 0 Å². The van der Waals surface area contributed by atoms with Gasteiger partial charge in [-0.2, -0.15) is 0 Å². The Kier molecular flexibility index (Phi) is 3.60. The summed E-state index contributed by atoms with van der Waals surface area (Å²) in [5, 5.41) is 0.961. The molecule has 0 aromatic carbocycles. The summed E-state index contributed by atoms with van der Waals surface area (Å²) in [5.74, 6) is 0.740. The van der Waals surface area contributed by atoms with Crippen LogP contribution in [0.2, 0.25) is 0 Å². The number of aromatic nitrogens is 8. The van der Waals surface area contributed by atoms with Gasteiger partial charge >= 0.3 is 0 Å². The van der Waals surface area contributed by atoms with Crippen LogP contribution in [0.25, 0.3) is 55.8 Å². The van der Waals surface area contributed by atoms with E-state index in [1.165, 1.54) is 6.33 Å². The highest BCUT2D eigenvalue weighted by Crippen LogP contribution is 2.32. The van der Waals surface area contributed by atoms with Crippen molar-refractivity contribution in [1.82, 2.24) is 39.9 Å². The van der Waals surface area contributed by atoms with Gasteiger partial charge in [-0.1, -0.05) is 6.07 Å². The molecule has 6 aromatic rings. The topological polar surface area (TPSA) is 109 Å². The Hall–Kier alpha value is -4.46. The zero-order valence-corrected chi connectivity index (χ0v) is 15.6. The minimum absolute atomic E-state index is 0.740. The molecule has 0 aliphatic rings. The molecule has 6 aromatic heterocycles. The summed E-state index contributed by atoms with van der Waals surface area (Å²) >= 11 is 0. The minimum Gasteiger partial charge on any atom is -0.345 e. The molecule has 8 nitrogen and oxygen atoms in total. The molecule has 30 heavy (non-hydrogen) atoms. The number of nitrogens with zero attached hydrogens (tertiary/aromatic N) is 6. The molecule has 0 spiro atoms. The molecule has 142 valence electrons. The van der Waals surface area contributed by atoms with Gasteiger partial charge in [0, 0.05) is 64.8 Å². The number of pyridine rings is 3. The maximum atomic E-state index is 4.88. The molecule has 0 saturated heterocycles. The molecule has 0 bridgehead atoms. The zero-order chi connectivity index (χ0) is 19.9. The smallest absolute Gasteiger partial charge is 0.140 e. The lowest BCUT2D eigenvalue weighted by atomic mass is 10.1. The van der Waals surface area contributed by atoms with E-state index in [9.17, 15) is 0 Å². The van der Waals surface area contributed by atoms with E-state index < -0.39 is 0 Å². The lowest BCUT2D eigenvalue weighted by molar-refractivity contribution is 1.17. The predicted molar refractivity (Wildman–Crippen MR) is 113 cm³/mol. The molecule has 0 unspecified atom stereocenters. The van der Waals surface area contributed by atoms with Crippen molar-refractivity contribution < 1.29 is 0 Å². The first-order chi connectivity index (χ1) is 14.9. The Morgan fingerprint density at radius 3 is 2.60 bits per heavy atom. The van der Waals surface area contributed by atoms with Gasteiger partial charge in [0.1, 0.15) is 23.3 Å². The summed E-state index contributed by atoms with van der Waals surface area (Å²) in [5.41, 5.74) is 6.96. The SMILES string of the molecule is c1ccc(-c2cncc3[nH]c(-c4c[nH]c5ncc(-c6cncnc6)cc45)nc23)nc1. The van der Waals surface area contributed by atoms with E-state index in [2.05, 4.69) is 41.0 Å². The molecule has 6 rings (SSSR count). The summed E-state index contributed by atoms with van der Waals surface area (Å²) in [6.07, 6.45) is 14.1. The van der Waals surface area contributed by atoms with Crippen molar-refractivity contribution in [3.05, 3.63) is 74.0 Å². The molecule has 0 amide bonds. The van der Waals surface area contributed by atoms with E-state index in [1.54, 1.807) is 31.0 Å². The summed E-state index contributed by atoms with van der Waals surface area (Å²) in [6, 6.07) is 7.86. The number of imidazole rings is 1. The molecule has 0 atom stereocenters. The Labute approximate surface area is 170 Å². The van der Waals surface area contributed by atoms with E-state index in [0.717, 1.165) is 55.8 Å². The normalized spacial score (nSPS) is 11.3. The first-order valence-electron chi connectivity index (χ1n) is 9.35. The predicted octanol–water partition coefficient (Wildman–Crippen LogP) is 4.02. The zero-order valence-electron chi connectivity index (χ0n) is 15.6. The van der Waals surface area contributed by atoms with Gasteiger partial charge in [0.25, 0.3) is 0 Å². The highest BCUT2D eigenvalue weighted by molar-refractivity contribution is 5.97. The highest BCUT2D eigenvalue weighted by Gasteiger charge is 2.15. The average molecular weight is 390 g/mol. The van der Waals surface area contributed by atoms with E-state index >= 15 is 0 Å². The van der Waals surface area contributed by atoms with Crippen LogP contribution in [0.3, 0.4) is 0 Å².